The van der Waals surface area contributed by atoms with Crippen LogP contribution in [0.4, 0.5) is 0 Å². The minimum Gasteiger partial charge on any atom is -0.444 e. The third-order valence-corrected chi connectivity index (χ3v) is 5.42. The first-order chi connectivity index (χ1) is 11.8. The van der Waals surface area contributed by atoms with E-state index in [1.807, 2.05) is 59.5 Å². The number of thioether (sulfide) groups is 1. The summed E-state index contributed by atoms with van der Waals surface area (Å²) < 4.78 is 7.58. The first kappa shape index (κ1) is 15.2. The molecule has 0 saturated heterocycles. The Labute approximate surface area is 147 Å². The van der Waals surface area contributed by atoms with Gasteiger partial charge in [-0.15, -0.1) is 21.5 Å². The van der Waals surface area contributed by atoms with E-state index in [4.69, 9.17) is 4.42 Å². The fourth-order valence-electron chi connectivity index (χ4n) is 2.29. The van der Waals surface area contributed by atoms with Gasteiger partial charge in [0.15, 0.2) is 11.0 Å². The number of nitrogens with zero attached hydrogens (tertiary/aromatic N) is 4. The lowest BCUT2D eigenvalue weighted by atomic mass is 10.2. The zero-order valence-corrected chi connectivity index (χ0v) is 14.5. The van der Waals surface area contributed by atoms with Crippen molar-refractivity contribution < 1.29 is 4.42 Å². The molecule has 4 rings (SSSR count). The molecular weight excluding hydrogens is 340 g/mol. The van der Waals surface area contributed by atoms with Crippen molar-refractivity contribution in [1.82, 2.24) is 19.7 Å². The van der Waals surface area contributed by atoms with Gasteiger partial charge >= 0.3 is 0 Å². The van der Waals surface area contributed by atoms with Crippen LogP contribution >= 0.6 is 23.1 Å². The van der Waals surface area contributed by atoms with Crippen molar-refractivity contribution in [1.29, 1.82) is 0 Å². The molecule has 0 aliphatic rings. The third kappa shape index (κ3) is 3.00. The lowest BCUT2D eigenvalue weighted by molar-refractivity contribution is 0.573. The van der Waals surface area contributed by atoms with Gasteiger partial charge in [-0.05, 0) is 23.6 Å². The van der Waals surface area contributed by atoms with E-state index in [1.54, 1.807) is 29.4 Å². The molecule has 0 bridgehead atoms. The molecule has 3 heterocycles. The number of rotatable bonds is 5. The van der Waals surface area contributed by atoms with E-state index in [9.17, 15) is 0 Å². The van der Waals surface area contributed by atoms with Gasteiger partial charge in [0, 0.05) is 18.4 Å². The Balaban J connectivity index is 1.47. The highest BCUT2D eigenvalue weighted by Gasteiger charge is 2.13. The topological polar surface area (TPSA) is 56.7 Å². The summed E-state index contributed by atoms with van der Waals surface area (Å²) in [5.41, 5.74) is 1.87. The molecule has 0 saturated carbocycles. The van der Waals surface area contributed by atoms with Crippen LogP contribution in [0.2, 0.25) is 0 Å². The molecule has 0 N–H and O–H groups in total. The Morgan fingerprint density at radius 3 is 2.79 bits per heavy atom. The number of thiophene rings is 1. The summed E-state index contributed by atoms with van der Waals surface area (Å²) >= 11 is 3.26. The van der Waals surface area contributed by atoms with Crippen LogP contribution in [0.3, 0.4) is 0 Å². The van der Waals surface area contributed by atoms with Crippen LogP contribution in [-0.2, 0) is 12.8 Å². The van der Waals surface area contributed by atoms with Crippen LogP contribution < -0.4 is 0 Å². The molecular formula is C17H14N4OS2. The molecule has 4 aromatic rings. The second-order valence-electron chi connectivity index (χ2n) is 5.14. The highest BCUT2D eigenvalue weighted by atomic mass is 32.2. The van der Waals surface area contributed by atoms with Gasteiger partial charge in [-0.25, -0.2) is 4.98 Å². The van der Waals surface area contributed by atoms with Gasteiger partial charge in [0.25, 0.3) is 0 Å². The summed E-state index contributed by atoms with van der Waals surface area (Å²) in [5, 5.41) is 11.5. The number of oxazole rings is 1. The molecule has 24 heavy (non-hydrogen) atoms. The molecule has 0 radical (unpaired) electrons. The Morgan fingerprint density at radius 1 is 1.12 bits per heavy atom. The third-order valence-electron chi connectivity index (χ3n) is 3.50. The van der Waals surface area contributed by atoms with E-state index in [1.165, 1.54) is 0 Å². The average molecular weight is 354 g/mol. The molecule has 5 nitrogen and oxygen atoms in total. The number of aromatic nitrogens is 4. The predicted octanol–water partition coefficient (Wildman–Crippen LogP) is 4.49. The summed E-state index contributed by atoms with van der Waals surface area (Å²) in [6.45, 7) is 0. The first-order valence-electron chi connectivity index (χ1n) is 7.37. The largest absolute Gasteiger partial charge is 0.444 e. The molecule has 0 spiro atoms. The molecule has 0 aliphatic heterocycles. The molecule has 7 heteroatoms. The fraction of sp³-hybridized carbons (Fsp3) is 0.118. The summed E-state index contributed by atoms with van der Waals surface area (Å²) in [4.78, 5) is 5.65. The second-order valence-corrected chi connectivity index (χ2v) is 7.03. The van der Waals surface area contributed by atoms with E-state index < -0.39 is 0 Å². The maximum atomic E-state index is 5.57. The van der Waals surface area contributed by atoms with Crippen molar-refractivity contribution in [2.45, 2.75) is 10.9 Å². The van der Waals surface area contributed by atoms with Gasteiger partial charge in [0.1, 0.15) is 6.26 Å². The zero-order valence-electron chi connectivity index (χ0n) is 12.9. The average Bonchev–Trinajstić information content (AvgIpc) is 3.35. The first-order valence-corrected chi connectivity index (χ1v) is 9.23. The summed E-state index contributed by atoms with van der Waals surface area (Å²) in [7, 11) is 1.98. The SMILES string of the molecule is Cn1c(SCc2coc(-c3ccccc3)n2)nnc1-c1cccs1. The van der Waals surface area contributed by atoms with Crippen LogP contribution in [0.15, 0.2) is 63.7 Å². The molecule has 0 amide bonds. The van der Waals surface area contributed by atoms with Gasteiger partial charge in [-0.3, -0.25) is 0 Å². The lowest BCUT2D eigenvalue weighted by Crippen LogP contribution is -1.94. The van der Waals surface area contributed by atoms with E-state index in [-0.39, 0.29) is 0 Å². The van der Waals surface area contributed by atoms with Crippen LogP contribution in [0.1, 0.15) is 5.69 Å². The Hall–Kier alpha value is -2.38. The number of benzene rings is 1. The standard InChI is InChI=1S/C17H14N4OS2/c1-21-15(14-8-5-9-23-14)19-20-17(21)24-11-13-10-22-16(18-13)12-6-3-2-4-7-12/h2-10H,11H2,1H3. The summed E-state index contributed by atoms with van der Waals surface area (Å²) in [6.07, 6.45) is 1.70. The van der Waals surface area contributed by atoms with E-state index in [0.717, 1.165) is 27.1 Å². The lowest BCUT2D eigenvalue weighted by Gasteiger charge is -2.00. The Morgan fingerprint density at radius 2 is 2.00 bits per heavy atom. The number of hydrogen-bond donors (Lipinski definition) is 0. The maximum Gasteiger partial charge on any atom is 0.226 e. The van der Waals surface area contributed by atoms with Crippen molar-refractivity contribution in [3.8, 4) is 22.2 Å². The van der Waals surface area contributed by atoms with Crippen molar-refractivity contribution in [3.05, 3.63) is 59.8 Å². The van der Waals surface area contributed by atoms with Gasteiger partial charge in [-0.2, -0.15) is 0 Å². The molecule has 0 aliphatic carbocycles. The predicted molar refractivity (Wildman–Crippen MR) is 95.8 cm³/mol. The van der Waals surface area contributed by atoms with Crippen LogP contribution in [0.5, 0.6) is 0 Å². The van der Waals surface area contributed by atoms with Gasteiger partial charge in [0.05, 0.1) is 10.6 Å². The van der Waals surface area contributed by atoms with Crippen molar-refractivity contribution >= 4 is 23.1 Å². The second kappa shape index (κ2) is 6.62. The Bertz CT molecular complexity index is 929. The molecule has 0 unspecified atom stereocenters. The molecule has 0 atom stereocenters. The minimum atomic E-state index is 0.642. The monoisotopic (exact) mass is 354 g/mol. The van der Waals surface area contributed by atoms with Gasteiger partial charge in [0.2, 0.25) is 5.89 Å². The number of hydrogen-bond acceptors (Lipinski definition) is 6. The molecule has 3 aromatic heterocycles. The zero-order chi connectivity index (χ0) is 16.4. The minimum absolute atomic E-state index is 0.642. The van der Waals surface area contributed by atoms with E-state index in [0.29, 0.717) is 11.6 Å². The highest BCUT2D eigenvalue weighted by molar-refractivity contribution is 7.98. The van der Waals surface area contributed by atoms with Crippen LogP contribution in [-0.4, -0.2) is 19.7 Å². The smallest absolute Gasteiger partial charge is 0.226 e. The van der Waals surface area contributed by atoms with Gasteiger partial charge < -0.3 is 8.98 Å². The summed E-state index contributed by atoms with van der Waals surface area (Å²) in [5.74, 6) is 2.22. The quantitative estimate of drug-likeness (QED) is 0.494. The summed E-state index contributed by atoms with van der Waals surface area (Å²) in [6, 6.07) is 14.0. The Kier molecular flexibility index (Phi) is 4.18. The van der Waals surface area contributed by atoms with Crippen LogP contribution in [0.25, 0.3) is 22.2 Å². The van der Waals surface area contributed by atoms with Crippen molar-refractivity contribution in [2.24, 2.45) is 7.05 Å². The van der Waals surface area contributed by atoms with Gasteiger partial charge in [-0.1, -0.05) is 36.0 Å². The molecule has 0 fully saturated rings. The molecule has 1 aromatic carbocycles. The van der Waals surface area contributed by atoms with Crippen molar-refractivity contribution in [3.63, 3.8) is 0 Å². The molecule has 120 valence electrons. The normalized spacial score (nSPS) is 11.0. The van der Waals surface area contributed by atoms with E-state index in [2.05, 4.69) is 15.2 Å². The maximum absolute atomic E-state index is 5.57. The van der Waals surface area contributed by atoms with Crippen molar-refractivity contribution in [2.75, 3.05) is 0 Å². The van der Waals surface area contributed by atoms with E-state index >= 15 is 0 Å². The highest BCUT2D eigenvalue weighted by Crippen LogP contribution is 2.28. The fourth-order valence-corrected chi connectivity index (χ4v) is 3.82. The van der Waals surface area contributed by atoms with Crippen LogP contribution in [0, 0.1) is 0 Å².